The second-order valence-corrected chi connectivity index (χ2v) is 8.30. The summed E-state index contributed by atoms with van der Waals surface area (Å²) in [7, 11) is -7.84. The molecular formula is C10H14F2N2O4S2. The minimum absolute atomic E-state index is 0.264. The number of hydrogen-bond donors (Lipinski definition) is 2. The van der Waals surface area contributed by atoms with Crippen LogP contribution in [0.15, 0.2) is 17.0 Å². The highest BCUT2D eigenvalue weighted by molar-refractivity contribution is 7.91. The van der Waals surface area contributed by atoms with Gasteiger partial charge in [0.25, 0.3) is 0 Å². The summed E-state index contributed by atoms with van der Waals surface area (Å²) in [4.78, 5) is -0.963. The van der Waals surface area contributed by atoms with Gasteiger partial charge >= 0.3 is 0 Å². The standard InChI is InChI=1S/C10H14F2N2O4S2/c1-6(5-19(2,15)16)14-20(17,18)9-4-7(13)3-8(11)10(9)12/h3-4,6,14H,5,13H2,1-2H3. The molecule has 0 saturated heterocycles. The molecule has 0 radical (unpaired) electrons. The number of nitrogens with two attached hydrogens (primary N) is 1. The van der Waals surface area contributed by atoms with Crippen molar-refractivity contribution in [2.75, 3.05) is 17.7 Å². The van der Waals surface area contributed by atoms with Crippen molar-refractivity contribution in [2.24, 2.45) is 0 Å². The lowest BCUT2D eigenvalue weighted by atomic mass is 10.3. The summed E-state index contributed by atoms with van der Waals surface area (Å²) in [5.74, 6) is -3.45. The Morgan fingerprint density at radius 3 is 2.30 bits per heavy atom. The lowest BCUT2D eigenvalue weighted by molar-refractivity contribution is 0.482. The number of halogens is 2. The number of benzene rings is 1. The molecule has 1 rings (SSSR count). The van der Waals surface area contributed by atoms with E-state index in [0.29, 0.717) is 6.07 Å². The average Bonchev–Trinajstić information content (AvgIpc) is 2.19. The maximum absolute atomic E-state index is 13.5. The Hall–Kier alpha value is -1.26. The van der Waals surface area contributed by atoms with Crippen LogP contribution < -0.4 is 10.5 Å². The quantitative estimate of drug-likeness (QED) is 0.754. The van der Waals surface area contributed by atoms with E-state index in [4.69, 9.17) is 5.73 Å². The molecule has 0 heterocycles. The molecule has 0 bridgehead atoms. The van der Waals surface area contributed by atoms with E-state index in [-0.39, 0.29) is 5.69 Å². The minimum atomic E-state index is -4.42. The van der Waals surface area contributed by atoms with E-state index in [1.165, 1.54) is 6.92 Å². The fourth-order valence-electron chi connectivity index (χ4n) is 1.60. The smallest absolute Gasteiger partial charge is 0.243 e. The first-order valence-corrected chi connectivity index (χ1v) is 8.91. The van der Waals surface area contributed by atoms with Crippen LogP contribution in [0.5, 0.6) is 0 Å². The summed E-state index contributed by atoms with van der Waals surface area (Å²) in [6.45, 7) is 1.29. The molecule has 0 aliphatic heterocycles. The van der Waals surface area contributed by atoms with Crippen molar-refractivity contribution in [2.45, 2.75) is 17.9 Å². The normalized spacial score (nSPS) is 14.2. The molecule has 6 nitrogen and oxygen atoms in total. The Morgan fingerprint density at radius 2 is 1.80 bits per heavy atom. The molecule has 1 atom stereocenters. The van der Waals surface area contributed by atoms with Crippen LogP contribution in [0, 0.1) is 11.6 Å². The molecule has 0 fully saturated rings. The Kier molecular flexibility index (Phi) is 4.72. The largest absolute Gasteiger partial charge is 0.399 e. The van der Waals surface area contributed by atoms with E-state index in [0.717, 1.165) is 12.3 Å². The van der Waals surface area contributed by atoms with E-state index in [9.17, 15) is 25.6 Å². The zero-order valence-corrected chi connectivity index (χ0v) is 12.4. The average molecular weight is 328 g/mol. The Morgan fingerprint density at radius 1 is 1.25 bits per heavy atom. The topological polar surface area (TPSA) is 106 Å². The lowest BCUT2D eigenvalue weighted by Gasteiger charge is -2.14. The summed E-state index contributed by atoms with van der Waals surface area (Å²) in [6.07, 6.45) is 0.929. The SMILES string of the molecule is CC(CS(C)(=O)=O)NS(=O)(=O)c1cc(N)cc(F)c1F. The number of nitrogen functional groups attached to an aromatic ring is 1. The van der Waals surface area contributed by atoms with Gasteiger partial charge in [0, 0.05) is 18.0 Å². The van der Waals surface area contributed by atoms with Crippen molar-refractivity contribution in [3.05, 3.63) is 23.8 Å². The molecule has 0 saturated carbocycles. The Balaban J connectivity index is 3.13. The van der Waals surface area contributed by atoms with Gasteiger partial charge in [-0.25, -0.2) is 30.3 Å². The van der Waals surface area contributed by atoms with Crippen LogP contribution in [0.4, 0.5) is 14.5 Å². The van der Waals surface area contributed by atoms with Gasteiger partial charge in [-0.2, -0.15) is 0 Å². The van der Waals surface area contributed by atoms with E-state index in [2.05, 4.69) is 0 Å². The predicted octanol–water partition coefficient (Wildman–Crippen LogP) is 0.258. The summed E-state index contributed by atoms with van der Waals surface area (Å²) in [5, 5.41) is 0. The third-order valence-corrected chi connectivity index (χ3v) is 4.91. The first-order valence-electron chi connectivity index (χ1n) is 5.37. The Bertz CT molecular complexity index is 717. The van der Waals surface area contributed by atoms with Crippen molar-refractivity contribution in [3.8, 4) is 0 Å². The second-order valence-electron chi connectivity index (χ2n) is 4.43. The van der Waals surface area contributed by atoms with E-state index in [1.54, 1.807) is 0 Å². The molecule has 1 aromatic rings. The van der Waals surface area contributed by atoms with Crippen molar-refractivity contribution >= 4 is 25.5 Å². The van der Waals surface area contributed by atoms with Gasteiger partial charge in [-0.3, -0.25) is 0 Å². The summed E-state index contributed by atoms with van der Waals surface area (Å²) >= 11 is 0. The highest BCUT2D eigenvalue weighted by Crippen LogP contribution is 2.21. The van der Waals surface area contributed by atoms with Crippen molar-refractivity contribution in [1.29, 1.82) is 0 Å². The van der Waals surface area contributed by atoms with Crippen molar-refractivity contribution in [1.82, 2.24) is 4.72 Å². The van der Waals surface area contributed by atoms with Crippen LogP contribution in [0.3, 0.4) is 0 Å². The molecule has 1 aromatic carbocycles. The molecule has 0 spiro atoms. The molecular weight excluding hydrogens is 314 g/mol. The number of sulfone groups is 1. The Labute approximate surface area is 115 Å². The summed E-state index contributed by atoms with van der Waals surface area (Å²) in [5.41, 5.74) is 5.00. The number of nitrogens with one attached hydrogen (secondary N) is 1. The van der Waals surface area contributed by atoms with Crippen LogP contribution in [0.2, 0.25) is 0 Å². The van der Waals surface area contributed by atoms with Gasteiger partial charge in [-0.1, -0.05) is 0 Å². The van der Waals surface area contributed by atoms with Gasteiger partial charge in [0.2, 0.25) is 10.0 Å². The third kappa shape index (κ3) is 4.39. The number of sulfonamides is 1. The molecule has 0 amide bonds. The maximum atomic E-state index is 13.5. The van der Waals surface area contributed by atoms with Crippen LogP contribution in [-0.2, 0) is 19.9 Å². The fourth-order valence-corrected chi connectivity index (χ4v) is 4.06. The zero-order valence-electron chi connectivity index (χ0n) is 10.7. The first kappa shape index (κ1) is 16.8. The summed E-state index contributed by atoms with van der Waals surface area (Å²) < 4.78 is 74.5. The molecule has 114 valence electrons. The minimum Gasteiger partial charge on any atom is -0.399 e. The molecule has 0 aliphatic rings. The zero-order chi connectivity index (χ0) is 15.7. The van der Waals surface area contributed by atoms with Crippen LogP contribution in [0.25, 0.3) is 0 Å². The number of anilines is 1. The highest BCUT2D eigenvalue weighted by atomic mass is 32.2. The van der Waals surface area contributed by atoms with E-state index >= 15 is 0 Å². The highest BCUT2D eigenvalue weighted by Gasteiger charge is 2.25. The summed E-state index contributed by atoms with van der Waals surface area (Å²) in [6, 6.07) is 0.404. The van der Waals surface area contributed by atoms with E-state index < -0.39 is 48.2 Å². The van der Waals surface area contributed by atoms with Crippen LogP contribution in [-0.4, -0.2) is 34.9 Å². The molecule has 10 heteroatoms. The van der Waals surface area contributed by atoms with Crippen molar-refractivity contribution in [3.63, 3.8) is 0 Å². The van der Waals surface area contributed by atoms with Crippen LogP contribution in [0.1, 0.15) is 6.92 Å². The second kappa shape index (κ2) is 5.62. The third-order valence-electron chi connectivity index (χ3n) is 2.22. The predicted molar refractivity (Wildman–Crippen MR) is 70.3 cm³/mol. The lowest BCUT2D eigenvalue weighted by Crippen LogP contribution is -2.37. The van der Waals surface area contributed by atoms with Gasteiger partial charge in [-0.15, -0.1) is 0 Å². The molecule has 0 aromatic heterocycles. The van der Waals surface area contributed by atoms with Crippen molar-refractivity contribution < 1.29 is 25.6 Å². The molecule has 0 aliphatic carbocycles. The van der Waals surface area contributed by atoms with Gasteiger partial charge in [-0.05, 0) is 19.1 Å². The van der Waals surface area contributed by atoms with Gasteiger partial charge < -0.3 is 5.73 Å². The van der Waals surface area contributed by atoms with Gasteiger partial charge in [0.1, 0.15) is 14.7 Å². The number of rotatable bonds is 5. The fraction of sp³-hybridized carbons (Fsp3) is 0.400. The van der Waals surface area contributed by atoms with Crippen LogP contribution >= 0.6 is 0 Å². The molecule has 20 heavy (non-hydrogen) atoms. The monoisotopic (exact) mass is 328 g/mol. The van der Waals surface area contributed by atoms with Gasteiger partial charge in [0.15, 0.2) is 11.6 Å². The maximum Gasteiger partial charge on any atom is 0.243 e. The molecule has 3 N–H and O–H groups in total. The number of hydrogen-bond acceptors (Lipinski definition) is 5. The molecule has 1 unspecified atom stereocenters. The van der Waals surface area contributed by atoms with Gasteiger partial charge in [0.05, 0.1) is 5.75 Å². The first-order chi connectivity index (χ1) is 8.92. The van der Waals surface area contributed by atoms with E-state index in [1.807, 2.05) is 4.72 Å².